The minimum Gasteiger partial charge on any atom is -0.384 e. The van der Waals surface area contributed by atoms with Crippen molar-refractivity contribution in [3.8, 4) is 0 Å². The van der Waals surface area contributed by atoms with Gasteiger partial charge in [0.2, 0.25) is 0 Å². The predicted octanol–water partition coefficient (Wildman–Crippen LogP) is 4.52. The van der Waals surface area contributed by atoms with Crippen LogP contribution in [0.1, 0.15) is 32.1 Å². The van der Waals surface area contributed by atoms with E-state index < -0.39 is 16.8 Å². The Balaban J connectivity index is 2.50. The lowest BCUT2D eigenvalue weighted by molar-refractivity contribution is -0.133. The average Bonchev–Trinajstić information content (AvgIpc) is 2.40. The number of ether oxygens (including phenoxy) is 1. The van der Waals surface area contributed by atoms with Crippen LogP contribution in [0, 0.1) is 10.8 Å². The van der Waals surface area contributed by atoms with Gasteiger partial charge in [-0.05, 0) is 18.9 Å². The van der Waals surface area contributed by atoms with Gasteiger partial charge in [-0.2, -0.15) is 0 Å². The van der Waals surface area contributed by atoms with E-state index in [9.17, 15) is 8.78 Å². The summed E-state index contributed by atoms with van der Waals surface area (Å²) in [5.74, 6) is -2.90. The Morgan fingerprint density at radius 1 is 1.16 bits per heavy atom. The van der Waals surface area contributed by atoms with Crippen LogP contribution in [0.4, 0.5) is 8.78 Å². The molecule has 1 unspecified atom stereocenters. The second-order valence-electron chi connectivity index (χ2n) is 5.69. The van der Waals surface area contributed by atoms with Crippen molar-refractivity contribution in [2.75, 3.05) is 13.7 Å². The summed E-state index contributed by atoms with van der Waals surface area (Å²) >= 11 is 0. The maximum Gasteiger partial charge on any atom is 0.279 e. The molecule has 3 heteroatoms. The quantitative estimate of drug-likeness (QED) is 0.681. The first kappa shape index (κ1) is 14.4. The number of hydrogen-bond donors (Lipinski definition) is 0. The highest BCUT2D eigenvalue weighted by Gasteiger charge is 2.61. The molecule has 0 N–H and O–H groups in total. The second kappa shape index (κ2) is 5.20. The van der Waals surface area contributed by atoms with Crippen LogP contribution in [0.3, 0.4) is 0 Å². The maximum absolute atomic E-state index is 14.6. The molecule has 0 aliphatic heterocycles. The smallest absolute Gasteiger partial charge is 0.279 e. The van der Waals surface area contributed by atoms with Crippen LogP contribution >= 0.6 is 0 Å². The van der Waals surface area contributed by atoms with Crippen LogP contribution in [0.5, 0.6) is 0 Å². The molecule has 0 aromatic carbocycles. The van der Waals surface area contributed by atoms with Crippen molar-refractivity contribution in [3.05, 3.63) is 37.0 Å². The van der Waals surface area contributed by atoms with Gasteiger partial charge in [-0.25, -0.2) is 8.78 Å². The van der Waals surface area contributed by atoms with E-state index in [-0.39, 0.29) is 0 Å². The molecule has 0 aromatic rings. The summed E-state index contributed by atoms with van der Waals surface area (Å²) in [5, 5.41) is 0. The Labute approximate surface area is 114 Å². The van der Waals surface area contributed by atoms with Gasteiger partial charge in [0.1, 0.15) is 0 Å². The second-order valence-corrected chi connectivity index (χ2v) is 5.69. The molecule has 0 spiro atoms. The molecule has 0 aromatic heterocycles. The fourth-order valence-electron chi connectivity index (χ4n) is 3.77. The van der Waals surface area contributed by atoms with Crippen LogP contribution in [-0.4, -0.2) is 19.6 Å². The number of halogens is 2. The minimum absolute atomic E-state index is 0.354. The molecule has 0 bridgehead atoms. The largest absolute Gasteiger partial charge is 0.384 e. The van der Waals surface area contributed by atoms with Crippen LogP contribution in [0.15, 0.2) is 37.0 Å². The number of alkyl halides is 2. The lowest BCUT2D eigenvalue weighted by Crippen LogP contribution is -2.54. The molecule has 19 heavy (non-hydrogen) atoms. The van der Waals surface area contributed by atoms with E-state index in [1.165, 1.54) is 12.2 Å². The zero-order valence-corrected chi connectivity index (χ0v) is 11.5. The lowest BCUT2D eigenvalue weighted by atomic mass is 9.53. The van der Waals surface area contributed by atoms with Crippen LogP contribution < -0.4 is 0 Å². The normalized spacial score (nSPS) is 32.2. The Morgan fingerprint density at radius 3 is 2.32 bits per heavy atom. The van der Waals surface area contributed by atoms with Crippen molar-refractivity contribution in [3.63, 3.8) is 0 Å². The van der Waals surface area contributed by atoms with E-state index in [1.54, 1.807) is 19.3 Å². The van der Waals surface area contributed by atoms with Crippen molar-refractivity contribution in [1.82, 2.24) is 0 Å². The third kappa shape index (κ3) is 2.08. The predicted molar refractivity (Wildman–Crippen MR) is 73.3 cm³/mol. The standard InChI is InChI=1S/C16H22F2O/c1-3-15(11-7-8-12-16(15,17)18)14(13-19-2)9-5-4-6-10-14/h3,7-8,11-12H,1,4-6,9-10,13H2,2H3. The van der Waals surface area contributed by atoms with E-state index in [2.05, 4.69) is 6.58 Å². The molecule has 2 aliphatic carbocycles. The SMILES string of the molecule is C=CC1(C2(COC)CCCCC2)C=CC=CC1(F)F. The number of hydrogen-bond acceptors (Lipinski definition) is 1. The average molecular weight is 268 g/mol. The first-order valence-corrected chi connectivity index (χ1v) is 6.91. The molecule has 0 heterocycles. The van der Waals surface area contributed by atoms with Crippen molar-refractivity contribution < 1.29 is 13.5 Å². The summed E-state index contributed by atoms with van der Waals surface area (Å²) in [6.45, 7) is 4.09. The molecular weight excluding hydrogens is 246 g/mol. The zero-order chi connectivity index (χ0) is 14.0. The van der Waals surface area contributed by atoms with E-state index in [0.29, 0.717) is 6.61 Å². The highest BCUT2D eigenvalue weighted by atomic mass is 19.3. The first-order valence-electron chi connectivity index (χ1n) is 6.91. The topological polar surface area (TPSA) is 9.23 Å². The minimum atomic E-state index is -2.90. The third-order valence-corrected chi connectivity index (χ3v) is 4.76. The zero-order valence-electron chi connectivity index (χ0n) is 11.5. The summed E-state index contributed by atoms with van der Waals surface area (Å²) in [7, 11) is 1.59. The van der Waals surface area contributed by atoms with Crippen molar-refractivity contribution in [2.24, 2.45) is 10.8 Å². The van der Waals surface area contributed by atoms with Crippen LogP contribution in [0.25, 0.3) is 0 Å². The van der Waals surface area contributed by atoms with Crippen LogP contribution in [0.2, 0.25) is 0 Å². The Hall–Kier alpha value is -0.960. The molecule has 0 radical (unpaired) electrons. The van der Waals surface area contributed by atoms with Gasteiger partial charge in [-0.1, -0.05) is 43.6 Å². The fourth-order valence-corrected chi connectivity index (χ4v) is 3.77. The highest BCUT2D eigenvalue weighted by molar-refractivity contribution is 5.33. The molecule has 1 atom stereocenters. The number of rotatable bonds is 4. The summed E-state index contributed by atoms with van der Waals surface area (Å²) in [4.78, 5) is 0. The van der Waals surface area contributed by atoms with Gasteiger partial charge in [0.05, 0.1) is 12.0 Å². The van der Waals surface area contributed by atoms with Crippen molar-refractivity contribution >= 4 is 0 Å². The number of allylic oxidation sites excluding steroid dienone is 5. The van der Waals surface area contributed by atoms with E-state index >= 15 is 0 Å². The van der Waals surface area contributed by atoms with Gasteiger partial charge in [0, 0.05) is 12.5 Å². The molecule has 1 fully saturated rings. The molecule has 0 amide bonds. The van der Waals surface area contributed by atoms with E-state index in [0.717, 1.165) is 38.2 Å². The summed E-state index contributed by atoms with van der Waals surface area (Å²) < 4.78 is 34.5. The Bertz CT molecular complexity index is 386. The summed E-state index contributed by atoms with van der Waals surface area (Å²) in [6.07, 6.45) is 11.8. The van der Waals surface area contributed by atoms with Gasteiger partial charge < -0.3 is 4.74 Å². The van der Waals surface area contributed by atoms with Crippen molar-refractivity contribution in [2.45, 2.75) is 38.0 Å². The molecular formula is C16H22F2O. The molecule has 2 aliphatic rings. The van der Waals surface area contributed by atoms with Gasteiger partial charge in [0.15, 0.2) is 0 Å². The maximum atomic E-state index is 14.6. The third-order valence-electron chi connectivity index (χ3n) is 4.76. The van der Waals surface area contributed by atoms with E-state index in [4.69, 9.17) is 4.74 Å². The summed E-state index contributed by atoms with van der Waals surface area (Å²) in [5.41, 5.74) is -1.88. The summed E-state index contributed by atoms with van der Waals surface area (Å²) in [6, 6.07) is 0. The highest BCUT2D eigenvalue weighted by Crippen LogP contribution is 2.60. The van der Waals surface area contributed by atoms with Gasteiger partial charge >= 0.3 is 0 Å². The Morgan fingerprint density at radius 2 is 1.79 bits per heavy atom. The first-order chi connectivity index (χ1) is 9.04. The van der Waals surface area contributed by atoms with Gasteiger partial charge in [0.25, 0.3) is 5.92 Å². The van der Waals surface area contributed by atoms with Gasteiger partial charge in [-0.3, -0.25) is 0 Å². The Kier molecular flexibility index (Phi) is 3.95. The fraction of sp³-hybridized carbons (Fsp3) is 0.625. The monoisotopic (exact) mass is 268 g/mol. The molecule has 1 saturated carbocycles. The van der Waals surface area contributed by atoms with E-state index in [1.807, 2.05) is 0 Å². The lowest BCUT2D eigenvalue weighted by Gasteiger charge is -2.53. The molecule has 1 nitrogen and oxygen atoms in total. The molecule has 106 valence electrons. The molecule has 2 rings (SSSR count). The van der Waals surface area contributed by atoms with Gasteiger partial charge in [-0.15, -0.1) is 6.58 Å². The van der Waals surface area contributed by atoms with Crippen LogP contribution in [-0.2, 0) is 4.74 Å². The number of methoxy groups -OCH3 is 1. The molecule has 0 saturated heterocycles. The van der Waals surface area contributed by atoms with Crippen molar-refractivity contribution in [1.29, 1.82) is 0 Å².